The van der Waals surface area contributed by atoms with Crippen LogP contribution in [0, 0.1) is 0 Å². The summed E-state index contributed by atoms with van der Waals surface area (Å²) in [5, 5.41) is 13.5. The Balaban J connectivity index is 3.27. The second-order valence-corrected chi connectivity index (χ2v) is 4.68. The second kappa shape index (κ2) is 4.23. The van der Waals surface area contributed by atoms with Gasteiger partial charge in [0.2, 0.25) is 5.88 Å². The first-order chi connectivity index (χ1) is 6.91. The number of hydrogen-bond donors (Lipinski definition) is 1. The lowest BCUT2D eigenvalue weighted by molar-refractivity contribution is 0.294. The van der Waals surface area contributed by atoms with Crippen LogP contribution in [-0.2, 0) is 18.9 Å². The van der Waals surface area contributed by atoms with Crippen molar-refractivity contribution in [3.05, 3.63) is 11.3 Å². The van der Waals surface area contributed by atoms with Crippen LogP contribution in [0.25, 0.3) is 0 Å². The average molecular weight is 212 g/mol. The molecular weight excluding hydrogens is 192 g/mol. The zero-order valence-electron chi connectivity index (χ0n) is 10.2. The van der Waals surface area contributed by atoms with Crippen LogP contribution in [0.2, 0.25) is 0 Å². The number of aliphatic hydroxyl groups is 1. The zero-order chi connectivity index (χ0) is 11.6. The second-order valence-electron chi connectivity index (χ2n) is 4.68. The first-order valence-electron chi connectivity index (χ1n) is 5.13. The van der Waals surface area contributed by atoms with E-state index in [4.69, 9.17) is 9.84 Å². The summed E-state index contributed by atoms with van der Waals surface area (Å²) in [4.78, 5) is 0. The number of hydrogen-bond acceptors (Lipinski definition) is 3. The summed E-state index contributed by atoms with van der Waals surface area (Å²) in [6, 6.07) is 0. The Bertz CT molecular complexity index is 337. The Hall–Kier alpha value is -1.03. The van der Waals surface area contributed by atoms with Gasteiger partial charge in [-0.1, -0.05) is 20.8 Å². The predicted octanol–water partition coefficient (Wildman–Crippen LogP) is 1.26. The van der Waals surface area contributed by atoms with Crippen LogP contribution in [0.5, 0.6) is 5.88 Å². The van der Waals surface area contributed by atoms with Crippen LogP contribution in [-0.4, -0.2) is 28.6 Å². The van der Waals surface area contributed by atoms with E-state index in [0.29, 0.717) is 6.42 Å². The summed E-state index contributed by atoms with van der Waals surface area (Å²) in [5.74, 6) is 0.744. The number of ether oxygens (including phenoxy) is 1. The fourth-order valence-electron chi connectivity index (χ4n) is 1.75. The highest BCUT2D eigenvalue weighted by Gasteiger charge is 2.25. The maximum Gasteiger partial charge on any atom is 0.214 e. The van der Waals surface area contributed by atoms with Crippen LogP contribution >= 0.6 is 0 Å². The summed E-state index contributed by atoms with van der Waals surface area (Å²) in [6.45, 7) is 6.44. The molecule has 1 aromatic heterocycles. The Kier molecular flexibility index (Phi) is 3.39. The normalized spacial score (nSPS) is 11.9. The molecule has 4 nitrogen and oxygen atoms in total. The van der Waals surface area contributed by atoms with E-state index in [1.807, 2.05) is 7.05 Å². The maximum absolute atomic E-state index is 9.05. The number of aromatic nitrogens is 2. The van der Waals surface area contributed by atoms with E-state index < -0.39 is 0 Å². The Morgan fingerprint density at radius 2 is 2.00 bits per heavy atom. The van der Waals surface area contributed by atoms with Gasteiger partial charge in [-0.15, -0.1) is 0 Å². The lowest BCUT2D eigenvalue weighted by atomic mass is 9.88. The van der Waals surface area contributed by atoms with Gasteiger partial charge in [0.15, 0.2) is 0 Å². The standard InChI is InChI=1S/C11H20N2O2/c1-11(2,3)9-8(6-7-14)10(15-5)13(4)12-9/h14H,6-7H2,1-5H3. The predicted molar refractivity (Wildman–Crippen MR) is 59.2 cm³/mol. The van der Waals surface area contributed by atoms with Crippen molar-refractivity contribution in [1.82, 2.24) is 9.78 Å². The lowest BCUT2D eigenvalue weighted by Crippen LogP contribution is -2.15. The van der Waals surface area contributed by atoms with Gasteiger partial charge in [-0.3, -0.25) is 0 Å². The van der Waals surface area contributed by atoms with E-state index in [9.17, 15) is 0 Å². The van der Waals surface area contributed by atoms with E-state index in [2.05, 4.69) is 25.9 Å². The van der Waals surface area contributed by atoms with E-state index in [1.54, 1.807) is 11.8 Å². The number of aryl methyl sites for hydroxylation is 1. The van der Waals surface area contributed by atoms with Crippen molar-refractivity contribution in [3.63, 3.8) is 0 Å². The third-order valence-corrected chi connectivity index (χ3v) is 2.35. The van der Waals surface area contributed by atoms with Crippen LogP contribution in [0.3, 0.4) is 0 Å². The minimum absolute atomic E-state index is 0.0287. The quantitative estimate of drug-likeness (QED) is 0.820. The molecule has 0 aliphatic carbocycles. The summed E-state index contributed by atoms with van der Waals surface area (Å²) < 4.78 is 7.02. The van der Waals surface area contributed by atoms with E-state index in [-0.39, 0.29) is 12.0 Å². The molecule has 86 valence electrons. The molecule has 0 aromatic carbocycles. The van der Waals surface area contributed by atoms with Gasteiger partial charge in [0.1, 0.15) is 0 Å². The molecule has 0 aliphatic heterocycles. The van der Waals surface area contributed by atoms with Crippen molar-refractivity contribution in [2.24, 2.45) is 7.05 Å². The molecule has 1 aromatic rings. The molecule has 0 atom stereocenters. The van der Waals surface area contributed by atoms with Crippen LogP contribution in [0.15, 0.2) is 0 Å². The average Bonchev–Trinajstić information content (AvgIpc) is 2.42. The molecule has 0 saturated carbocycles. The highest BCUT2D eigenvalue weighted by atomic mass is 16.5. The third kappa shape index (κ3) is 2.31. The monoisotopic (exact) mass is 212 g/mol. The topological polar surface area (TPSA) is 47.3 Å². The largest absolute Gasteiger partial charge is 0.481 e. The fourth-order valence-corrected chi connectivity index (χ4v) is 1.75. The van der Waals surface area contributed by atoms with Crippen molar-refractivity contribution >= 4 is 0 Å². The molecule has 0 amide bonds. The highest BCUT2D eigenvalue weighted by Crippen LogP contribution is 2.31. The zero-order valence-corrected chi connectivity index (χ0v) is 10.2. The number of methoxy groups -OCH3 is 1. The van der Waals surface area contributed by atoms with E-state index in [1.165, 1.54) is 0 Å². The van der Waals surface area contributed by atoms with E-state index in [0.717, 1.165) is 17.1 Å². The molecule has 4 heteroatoms. The van der Waals surface area contributed by atoms with Crippen LogP contribution < -0.4 is 4.74 Å². The summed E-state index contributed by atoms with van der Waals surface area (Å²) in [5.41, 5.74) is 1.98. The van der Waals surface area contributed by atoms with Crippen molar-refractivity contribution in [2.45, 2.75) is 32.6 Å². The van der Waals surface area contributed by atoms with Crippen molar-refractivity contribution in [2.75, 3.05) is 13.7 Å². The number of rotatable bonds is 3. The van der Waals surface area contributed by atoms with Crippen molar-refractivity contribution < 1.29 is 9.84 Å². The highest BCUT2D eigenvalue weighted by molar-refractivity contribution is 5.35. The summed E-state index contributed by atoms with van der Waals surface area (Å²) >= 11 is 0. The fraction of sp³-hybridized carbons (Fsp3) is 0.727. The van der Waals surface area contributed by atoms with Gasteiger partial charge in [0.05, 0.1) is 12.8 Å². The first-order valence-corrected chi connectivity index (χ1v) is 5.13. The van der Waals surface area contributed by atoms with Gasteiger partial charge in [-0.05, 0) is 0 Å². The van der Waals surface area contributed by atoms with Gasteiger partial charge in [0, 0.05) is 31.1 Å². The van der Waals surface area contributed by atoms with Crippen molar-refractivity contribution in [1.29, 1.82) is 0 Å². The molecule has 1 rings (SSSR count). The Labute approximate surface area is 90.9 Å². The summed E-state index contributed by atoms with van der Waals surface area (Å²) in [7, 11) is 3.49. The Morgan fingerprint density at radius 1 is 1.40 bits per heavy atom. The van der Waals surface area contributed by atoms with Gasteiger partial charge >= 0.3 is 0 Å². The van der Waals surface area contributed by atoms with Crippen LogP contribution in [0.4, 0.5) is 0 Å². The molecule has 1 heterocycles. The molecule has 15 heavy (non-hydrogen) atoms. The van der Waals surface area contributed by atoms with Gasteiger partial charge < -0.3 is 9.84 Å². The minimum Gasteiger partial charge on any atom is -0.481 e. The minimum atomic E-state index is -0.0287. The molecule has 0 radical (unpaired) electrons. The Morgan fingerprint density at radius 3 is 2.40 bits per heavy atom. The molecular formula is C11H20N2O2. The summed E-state index contributed by atoms with van der Waals surface area (Å²) in [6.07, 6.45) is 0.587. The van der Waals surface area contributed by atoms with E-state index >= 15 is 0 Å². The lowest BCUT2D eigenvalue weighted by Gasteiger charge is -2.17. The number of aliphatic hydroxyl groups excluding tert-OH is 1. The van der Waals surface area contributed by atoms with Gasteiger partial charge in [-0.25, -0.2) is 4.68 Å². The maximum atomic E-state index is 9.05. The molecule has 0 aliphatic rings. The van der Waals surface area contributed by atoms with Crippen LogP contribution in [0.1, 0.15) is 32.0 Å². The number of nitrogens with zero attached hydrogens (tertiary/aromatic N) is 2. The molecule has 0 fully saturated rings. The molecule has 0 saturated heterocycles. The smallest absolute Gasteiger partial charge is 0.214 e. The van der Waals surface area contributed by atoms with Crippen molar-refractivity contribution in [3.8, 4) is 5.88 Å². The molecule has 0 spiro atoms. The molecule has 1 N–H and O–H groups in total. The molecule has 0 unspecified atom stereocenters. The van der Waals surface area contributed by atoms with Gasteiger partial charge in [0.25, 0.3) is 0 Å². The SMILES string of the molecule is COc1c(CCO)c(C(C)(C)C)nn1C. The molecule has 0 bridgehead atoms. The third-order valence-electron chi connectivity index (χ3n) is 2.35. The van der Waals surface area contributed by atoms with Gasteiger partial charge in [-0.2, -0.15) is 5.10 Å². The first kappa shape index (κ1) is 12.0.